The van der Waals surface area contributed by atoms with Gasteiger partial charge in [0, 0.05) is 25.0 Å². The summed E-state index contributed by atoms with van der Waals surface area (Å²) in [7, 11) is 0. The second kappa shape index (κ2) is 7.62. The van der Waals surface area contributed by atoms with Gasteiger partial charge in [0.05, 0.1) is 24.0 Å². The Morgan fingerprint density at radius 2 is 1.96 bits per heavy atom. The van der Waals surface area contributed by atoms with E-state index in [1.165, 1.54) is 11.3 Å². The quantitative estimate of drug-likeness (QED) is 0.898. The maximum atomic E-state index is 12.7. The molecule has 140 valence electrons. The molecule has 3 rings (SSSR count). The van der Waals surface area contributed by atoms with Gasteiger partial charge in [0.1, 0.15) is 0 Å². The van der Waals surface area contributed by atoms with Crippen molar-refractivity contribution in [2.75, 3.05) is 6.54 Å². The van der Waals surface area contributed by atoms with E-state index in [1.807, 2.05) is 26.8 Å². The van der Waals surface area contributed by atoms with Crippen molar-refractivity contribution in [2.45, 2.75) is 65.2 Å². The highest BCUT2D eigenvalue weighted by molar-refractivity contribution is 5.82. The van der Waals surface area contributed by atoms with Crippen LogP contribution in [0.3, 0.4) is 0 Å². The number of rotatable bonds is 5. The lowest BCUT2D eigenvalue weighted by Gasteiger charge is -2.35. The molecule has 2 aromatic rings. The van der Waals surface area contributed by atoms with Crippen molar-refractivity contribution < 1.29 is 4.79 Å². The van der Waals surface area contributed by atoms with Gasteiger partial charge in [0.25, 0.3) is 0 Å². The molecule has 0 bridgehead atoms. The summed E-state index contributed by atoms with van der Waals surface area (Å²) in [5, 5.41) is 7.89. The summed E-state index contributed by atoms with van der Waals surface area (Å²) >= 11 is 0. The van der Waals surface area contributed by atoms with E-state index in [0.717, 1.165) is 38.2 Å². The molecule has 1 amide bonds. The predicted molar refractivity (Wildman–Crippen MR) is 104 cm³/mol. The van der Waals surface area contributed by atoms with E-state index < -0.39 is 0 Å². The molecule has 0 aliphatic carbocycles. The smallest absolute Gasteiger partial charge is 0.237 e. The molecular weight excluding hydrogens is 324 g/mol. The van der Waals surface area contributed by atoms with E-state index in [2.05, 4.69) is 52.2 Å². The molecule has 0 radical (unpaired) electrons. The van der Waals surface area contributed by atoms with Crippen LogP contribution in [0.4, 0.5) is 0 Å². The number of hydrogen-bond donors (Lipinski definition) is 1. The van der Waals surface area contributed by atoms with Crippen LogP contribution in [0.15, 0.2) is 36.4 Å². The summed E-state index contributed by atoms with van der Waals surface area (Å²) < 4.78 is 2.10. The van der Waals surface area contributed by atoms with Gasteiger partial charge in [-0.3, -0.25) is 14.4 Å². The first kappa shape index (κ1) is 18.6. The number of carbonyl (C=O) groups is 1. The van der Waals surface area contributed by atoms with Gasteiger partial charge in [0.2, 0.25) is 5.91 Å². The molecule has 1 aromatic carbocycles. The lowest BCUT2D eigenvalue weighted by atomic mass is 10.1. The maximum absolute atomic E-state index is 12.7. The second-order valence-electron chi connectivity index (χ2n) is 8.15. The monoisotopic (exact) mass is 354 g/mol. The summed E-state index contributed by atoms with van der Waals surface area (Å²) in [6.07, 6.45) is 1.66. The van der Waals surface area contributed by atoms with Gasteiger partial charge < -0.3 is 5.32 Å². The molecule has 0 fully saturated rings. The average molecular weight is 354 g/mol. The molecule has 26 heavy (non-hydrogen) atoms. The molecule has 1 aliphatic heterocycles. The van der Waals surface area contributed by atoms with Crippen molar-refractivity contribution in [1.82, 2.24) is 20.0 Å². The van der Waals surface area contributed by atoms with Crippen LogP contribution in [-0.4, -0.2) is 38.7 Å². The van der Waals surface area contributed by atoms with Gasteiger partial charge >= 0.3 is 0 Å². The predicted octanol–water partition coefficient (Wildman–Crippen LogP) is 2.98. The second-order valence-corrected chi connectivity index (χ2v) is 8.15. The Balaban J connectivity index is 1.69. The number of benzene rings is 1. The number of aromatic nitrogens is 2. The number of carbonyl (C=O) groups excluding carboxylic acids is 1. The Morgan fingerprint density at radius 3 is 2.62 bits per heavy atom. The molecule has 1 aliphatic rings. The van der Waals surface area contributed by atoms with Crippen molar-refractivity contribution in [3.05, 3.63) is 53.3 Å². The van der Waals surface area contributed by atoms with Crippen LogP contribution >= 0.6 is 0 Å². The average Bonchev–Trinajstić information content (AvgIpc) is 2.96. The lowest BCUT2D eigenvalue weighted by molar-refractivity contribution is -0.128. The molecule has 5 heteroatoms. The molecular formula is C21H30N4O. The summed E-state index contributed by atoms with van der Waals surface area (Å²) in [4.78, 5) is 15.0. The van der Waals surface area contributed by atoms with Gasteiger partial charge in [-0.2, -0.15) is 5.10 Å². The van der Waals surface area contributed by atoms with Crippen LogP contribution in [-0.2, 0) is 24.3 Å². The normalized spacial score (nSPS) is 16.2. The van der Waals surface area contributed by atoms with E-state index in [0.29, 0.717) is 0 Å². The topological polar surface area (TPSA) is 50.2 Å². The van der Waals surface area contributed by atoms with E-state index in [9.17, 15) is 4.79 Å². The molecule has 2 heterocycles. The fourth-order valence-electron chi connectivity index (χ4n) is 3.57. The number of amides is 1. The summed E-state index contributed by atoms with van der Waals surface area (Å²) in [5.74, 6) is 0.123. The van der Waals surface area contributed by atoms with Crippen LogP contribution < -0.4 is 5.32 Å². The number of fused-ring (bicyclic) bond motifs is 1. The van der Waals surface area contributed by atoms with Crippen molar-refractivity contribution in [1.29, 1.82) is 0 Å². The Kier molecular flexibility index (Phi) is 5.47. The highest BCUT2D eigenvalue weighted by Crippen LogP contribution is 2.19. The van der Waals surface area contributed by atoms with Crippen molar-refractivity contribution in [3.8, 4) is 0 Å². The van der Waals surface area contributed by atoms with Crippen molar-refractivity contribution in [2.24, 2.45) is 0 Å². The number of nitrogens with zero attached hydrogens (tertiary/aromatic N) is 3. The molecule has 0 saturated carbocycles. The fourth-order valence-corrected chi connectivity index (χ4v) is 3.57. The summed E-state index contributed by atoms with van der Waals surface area (Å²) in [6, 6.07) is 12.5. The minimum absolute atomic E-state index is 0.0875. The van der Waals surface area contributed by atoms with Crippen LogP contribution in [0, 0.1) is 0 Å². The fraction of sp³-hybridized carbons (Fsp3) is 0.524. The minimum Gasteiger partial charge on any atom is -0.350 e. The first-order valence-corrected chi connectivity index (χ1v) is 9.51. The Labute approximate surface area is 156 Å². The van der Waals surface area contributed by atoms with E-state index >= 15 is 0 Å². The Hall–Kier alpha value is -2.14. The van der Waals surface area contributed by atoms with Gasteiger partial charge in [-0.1, -0.05) is 37.3 Å². The van der Waals surface area contributed by atoms with Gasteiger partial charge in [-0.05, 0) is 38.8 Å². The molecule has 1 unspecified atom stereocenters. The highest BCUT2D eigenvalue weighted by Gasteiger charge is 2.30. The van der Waals surface area contributed by atoms with Crippen LogP contribution in [0.1, 0.15) is 51.1 Å². The summed E-state index contributed by atoms with van der Waals surface area (Å²) in [6.45, 7) is 10.6. The summed E-state index contributed by atoms with van der Waals surface area (Å²) in [5.41, 5.74) is 3.37. The lowest BCUT2D eigenvalue weighted by Crippen LogP contribution is -2.53. The first-order chi connectivity index (χ1) is 12.4. The zero-order valence-electron chi connectivity index (χ0n) is 16.3. The Bertz CT molecular complexity index is 745. The zero-order chi connectivity index (χ0) is 18.7. The third kappa shape index (κ3) is 4.52. The van der Waals surface area contributed by atoms with Gasteiger partial charge in [-0.25, -0.2) is 0 Å². The minimum atomic E-state index is -0.203. The van der Waals surface area contributed by atoms with Gasteiger partial charge in [-0.15, -0.1) is 0 Å². The largest absolute Gasteiger partial charge is 0.350 e. The Morgan fingerprint density at radius 1 is 1.23 bits per heavy atom. The highest BCUT2D eigenvalue weighted by atomic mass is 16.2. The van der Waals surface area contributed by atoms with E-state index in [1.54, 1.807) is 0 Å². The third-order valence-corrected chi connectivity index (χ3v) is 4.73. The zero-order valence-corrected chi connectivity index (χ0v) is 16.3. The molecule has 0 saturated heterocycles. The standard InChI is InChI=1S/C21H30N4O/c1-5-19(20(26)22-21(2,3)4)24-11-12-25-18(15-24)14-17(23-25)13-16-9-7-6-8-10-16/h6-10,14,19H,5,11-13,15H2,1-4H3,(H,22,26). The first-order valence-electron chi connectivity index (χ1n) is 9.51. The maximum Gasteiger partial charge on any atom is 0.237 e. The van der Waals surface area contributed by atoms with Crippen LogP contribution in [0.2, 0.25) is 0 Å². The molecule has 0 spiro atoms. The van der Waals surface area contributed by atoms with E-state index in [4.69, 9.17) is 5.10 Å². The third-order valence-electron chi connectivity index (χ3n) is 4.73. The van der Waals surface area contributed by atoms with Crippen LogP contribution in [0.5, 0.6) is 0 Å². The van der Waals surface area contributed by atoms with Crippen molar-refractivity contribution >= 4 is 5.91 Å². The van der Waals surface area contributed by atoms with Crippen molar-refractivity contribution in [3.63, 3.8) is 0 Å². The van der Waals surface area contributed by atoms with Crippen LogP contribution in [0.25, 0.3) is 0 Å². The SMILES string of the molecule is CCC(C(=O)NC(C)(C)C)N1CCn2nc(Cc3ccccc3)cc2C1. The molecule has 1 aromatic heterocycles. The number of hydrogen-bond acceptors (Lipinski definition) is 3. The number of nitrogens with one attached hydrogen (secondary N) is 1. The molecule has 5 nitrogen and oxygen atoms in total. The van der Waals surface area contributed by atoms with E-state index in [-0.39, 0.29) is 17.5 Å². The van der Waals surface area contributed by atoms with Gasteiger partial charge in [0.15, 0.2) is 0 Å². The molecule has 1 atom stereocenters. The molecule has 1 N–H and O–H groups in total.